The quantitative estimate of drug-likeness (QED) is 0.425. The van der Waals surface area contributed by atoms with Crippen LogP contribution < -0.4 is 20.3 Å². The lowest BCUT2D eigenvalue weighted by Crippen LogP contribution is -2.38. The van der Waals surface area contributed by atoms with Crippen LogP contribution in [0.2, 0.25) is 5.02 Å². The van der Waals surface area contributed by atoms with Crippen molar-refractivity contribution in [2.75, 3.05) is 31.6 Å². The smallest absolute Gasteiger partial charge is 0.227 e. The summed E-state index contributed by atoms with van der Waals surface area (Å²) in [6.07, 6.45) is 1.58. The molecule has 7 heteroatoms. The molecule has 1 heterocycles. The molecule has 0 aliphatic carbocycles. The summed E-state index contributed by atoms with van der Waals surface area (Å²) < 4.78 is 5.66. The third-order valence-electron chi connectivity index (χ3n) is 4.49. The van der Waals surface area contributed by atoms with Crippen LogP contribution in [0.15, 0.2) is 53.5 Å². The second kappa shape index (κ2) is 9.99. The molecule has 0 unspecified atom stereocenters. The molecule has 1 aliphatic heterocycles. The Morgan fingerprint density at radius 1 is 1.18 bits per heavy atom. The summed E-state index contributed by atoms with van der Waals surface area (Å²) in [7, 11) is 1.73. The van der Waals surface area contributed by atoms with E-state index in [1.165, 1.54) is 0 Å². The highest BCUT2D eigenvalue weighted by atomic mass is 35.5. The van der Waals surface area contributed by atoms with Crippen molar-refractivity contribution in [1.29, 1.82) is 0 Å². The third kappa shape index (κ3) is 5.39. The summed E-state index contributed by atoms with van der Waals surface area (Å²) in [4.78, 5) is 17.9. The molecule has 0 atom stereocenters. The minimum Gasteiger partial charge on any atom is -0.490 e. The van der Waals surface area contributed by atoms with Gasteiger partial charge in [-0.25, -0.2) is 0 Å². The zero-order chi connectivity index (χ0) is 19.8. The number of halogens is 1. The number of rotatable bonds is 7. The number of amides is 1. The molecule has 28 heavy (non-hydrogen) atoms. The van der Waals surface area contributed by atoms with Gasteiger partial charge in [-0.05, 0) is 36.2 Å². The molecule has 2 aromatic rings. The molecule has 0 bridgehead atoms. The normalized spacial score (nSPS) is 14.3. The highest BCUT2D eigenvalue weighted by Crippen LogP contribution is 2.23. The third-order valence-corrected chi connectivity index (χ3v) is 4.81. The SMILES string of the molecule is CN=C(NCCOc1ccccc1Cl)NCc1ccc(N2CCCC2=O)cc1. The summed E-state index contributed by atoms with van der Waals surface area (Å²) in [5, 5.41) is 7.08. The molecule has 148 valence electrons. The number of hydrogen-bond donors (Lipinski definition) is 2. The fraction of sp³-hybridized carbons (Fsp3) is 0.333. The van der Waals surface area contributed by atoms with E-state index in [2.05, 4.69) is 15.6 Å². The van der Waals surface area contributed by atoms with Gasteiger partial charge in [-0.15, -0.1) is 0 Å². The summed E-state index contributed by atoms with van der Waals surface area (Å²) >= 11 is 6.07. The fourth-order valence-electron chi connectivity index (χ4n) is 3.01. The second-order valence-electron chi connectivity index (χ2n) is 6.45. The molecule has 1 fully saturated rings. The van der Waals surface area contributed by atoms with Crippen LogP contribution >= 0.6 is 11.6 Å². The molecular weight excluding hydrogens is 376 g/mol. The predicted octanol–water partition coefficient (Wildman–Crippen LogP) is 3.21. The molecule has 1 amide bonds. The fourth-order valence-corrected chi connectivity index (χ4v) is 3.20. The minimum absolute atomic E-state index is 0.203. The molecule has 0 aromatic heterocycles. The minimum atomic E-state index is 0.203. The molecule has 2 N–H and O–H groups in total. The van der Waals surface area contributed by atoms with Crippen LogP contribution in [0.1, 0.15) is 18.4 Å². The Morgan fingerprint density at radius 3 is 2.64 bits per heavy atom. The number of carbonyl (C=O) groups excluding carboxylic acids is 1. The maximum Gasteiger partial charge on any atom is 0.227 e. The van der Waals surface area contributed by atoms with Crippen LogP contribution in [-0.4, -0.2) is 38.6 Å². The number of anilines is 1. The van der Waals surface area contributed by atoms with Crippen LogP contribution in [0.3, 0.4) is 0 Å². The van der Waals surface area contributed by atoms with E-state index in [4.69, 9.17) is 16.3 Å². The van der Waals surface area contributed by atoms with E-state index in [1.807, 2.05) is 47.4 Å². The van der Waals surface area contributed by atoms with E-state index < -0.39 is 0 Å². The second-order valence-corrected chi connectivity index (χ2v) is 6.85. The van der Waals surface area contributed by atoms with E-state index in [9.17, 15) is 4.79 Å². The maximum absolute atomic E-state index is 11.8. The average molecular weight is 401 g/mol. The highest BCUT2D eigenvalue weighted by Gasteiger charge is 2.21. The summed E-state index contributed by atoms with van der Waals surface area (Å²) in [5.74, 6) is 1.57. The zero-order valence-corrected chi connectivity index (χ0v) is 16.7. The van der Waals surface area contributed by atoms with Gasteiger partial charge in [-0.2, -0.15) is 0 Å². The molecule has 1 aliphatic rings. The summed E-state index contributed by atoms with van der Waals surface area (Å²) in [6.45, 7) is 2.52. The van der Waals surface area contributed by atoms with Crippen LogP contribution in [0, 0.1) is 0 Å². The van der Waals surface area contributed by atoms with Gasteiger partial charge in [0.2, 0.25) is 5.91 Å². The number of nitrogens with zero attached hydrogens (tertiary/aromatic N) is 2. The number of hydrogen-bond acceptors (Lipinski definition) is 3. The Bertz CT molecular complexity index is 823. The summed E-state index contributed by atoms with van der Waals surface area (Å²) in [5.41, 5.74) is 2.08. The highest BCUT2D eigenvalue weighted by molar-refractivity contribution is 6.32. The van der Waals surface area contributed by atoms with E-state index >= 15 is 0 Å². The van der Waals surface area contributed by atoms with E-state index in [0.717, 1.165) is 24.2 Å². The summed E-state index contributed by atoms with van der Waals surface area (Å²) in [6, 6.07) is 15.4. The van der Waals surface area contributed by atoms with Crippen molar-refractivity contribution in [1.82, 2.24) is 10.6 Å². The van der Waals surface area contributed by atoms with E-state index in [1.54, 1.807) is 13.1 Å². The Balaban J connectivity index is 1.41. The first-order valence-corrected chi connectivity index (χ1v) is 9.76. The van der Waals surface area contributed by atoms with Crippen LogP contribution in [-0.2, 0) is 11.3 Å². The number of nitrogens with one attached hydrogen (secondary N) is 2. The van der Waals surface area contributed by atoms with Crippen molar-refractivity contribution < 1.29 is 9.53 Å². The predicted molar refractivity (Wildman–Crippen MR) is 113 cm³/mol. The van der Waals surface area contributed by atoms with Gasteiger partial charge in [0.1, 0.15) is 12.4 Å². The Labute approximate surface area is 170 Å². The van der Waals surface area contributed by atoms with Crippen LogP contribution in [0.25, 0.3) is 0 Å². The van der Waals surface area contributed by atoms with Gasteiger partial charge in [-0.3, -0.25) is 9.79 Å². The first-order chi connectivity index (χ1) is 13.7. The van der Waals surface area contributed by atoms with Gasteiger partial charge in [-0.1, -0.05) is 35.9 Å². The van der Waals surface area contributed by atoms with Gasteiger partial charge >= 0.3 is 0 Å². The van der Waals surface area contributed by atoms with Crippen molar-refractivity contribution in [2.24, 2.45) is 4.99 Å². The molecule has 0 spiro atoms. The van der Waals surface area contributed by atoms with Crippen molar-refractivity contribution in [3.63, 3.8) is 0 Å². The molecule has 0 radical (unpaired) electrons. The molecule has 2 aromatic carbocycles. The standard InChI is InChI=1S/C21H25ClN4O2/c1-23-21(24-12-14-28-19-6-3-2-5-18(19)22)25-15-16-8-10-17(11-9-16)26-13-4-7-20(26)27/h2-3,5-6,8-11H,4,7,12-15H2,1H3,(H2,23,24,25). The Kier molecular flexibility index (Phi) is 7.14. The van der Waals surface area contributed by atoms with Gasteiger partial charge < -0.3 is 20.3 Å². The monoisotopic (exact) mass is 400 g/mol. The van der Waals surface area contributed by atoms with Gasteiger partial charge in [0.25, 0.3) is 0 Å². The Morgan fingerprint density at radius 2 is 1.96 bits per heavy atom. The molecule has 0 saturated carbocycles. The first kappa shape index (κ1) is 20.0. The lowest BCUT2D eigenvalue weighted by atomic mass is 10.2. The average Bonchev–Trinajstić information content (AvgIpc) is 3.15. The maximum atomic E-state index is 11.8. The van der Waals surface area contributed by atoms with E-state index in [-0.39, 0.29) is 5.91 Å². The number of carbonyl (C=O) groups is 1. The van der Waals surface area contributed by atoms with Gasteiger partial charge in [0.15, 0.2) is 5.96 Å². The van der Waals surface area contributed by atoms with Crippen molar-refractivity contribution in [3.8, 4) is 5.75 Å². The van der Waals surface area contributed by atoms with Crippen molar-refractivity contribution in [3.05, 3.63) is 59.1 Å². The molecule has 3 rings (SSSR count). The lowest BCUT2D eigenvalue weighted by molar-refractivity contribution is -0.117. The molecule has 6 nitrogen and oxygen atoms in total. The number of guanidine groups is 1. The molecule has 1 saturated heterocycles. The number of aliphatic imine (C=N–C) groups is 1. The van der Waals surface area contributed by atoms with Gasteiger partial charge in [0, 0.05) is 32.2 Å². The first-order valence-electron chi connectivity index (χ1n) is 9.38. The zero-order valence-electron chi connectivity index (χ0n) is 16.0. The van der Waals surface area contributed by atoms with Crippen LogP contribution in [0.5, 0.6) is 5.75 Å². The van der Waals surface area contributed by atoms with Crippen LogP contribution in [0.4, 0.5) is 5.69 Å². The topological polar surface area (TPSA) is 66.0 Å². The van der Waals surface area contributed by atoms with Gasteiger partial charge in [0.05, 0.1) is 11.6 Å². The van der Waals surface area contributed by atoms with Crippen molar-refractivity contribution in [2.45, 2.75) is 19.4 Å². The number of benzene rings is 2. The Hall–Kier alpha value is -2.73. The lowest BCUT2D eigenvalue weighted by Gasteiger charge is -2.16. The van der Waals surface area contributed by atoms with Crippen molar-refractivity contribution >= 4 is 29.2 Å². The largest absolute Gasteiger partial charge is 0.490 e. The van der Waals surface area contributed by atoms with E-state index in [0.29, 0.717) is 42.8 Å². The number of ether oxygens (including phenoxy) is 1. The molecular formula is C21H25ClN4O2. The number of para-hydroxylation sites is 1.